The Kier molecular flexibility index (Phi) is 4.95. The average Bonchev–Trinajstić information content (AvgIpc) is 3.34. The van der Waals surface area contributed by atoms with Crippen molar-refractivity contribution in [2.24, 2.45) is 0 Å². The number of fused-ring (bicyclic) bond motifs is 2. The molecule has 2 heterocycles. The summed E-state index contributed by atoms with van der Waals surface area (Å²) in [4.78, 5) is 29.6. The third-order valence-electron chi connectivity index (χ3n) is 6.78. The van der Waals surface area contributed by atoms with Crippen molar-refractivity contribution < 1.29 is 9.21 Å². The number of amides is 1. The van der Waals surface area contributed by atoms with E-state index in [-0.39, 0.29) is 18.5 Å². The van der Waals surface area contributed by atoms with Crippen LogP contribution in [0.25, 0.3) is 11.1 Å². The molecule has 5 rings (SSSR count). The van der Waals surface area contributed by atoms with Crippen molar-refractivity contribution in [2.45, 2.75) is 44.3 Å². The lowest BCUT2D eigenvalue weighted by molar-refractivity contribution is -0.133. The Morgan fingerprint density at radius 1 is 1.10 bits per heavy atom. The van der Waals surface area contributed by atoms with Gasteiger partial charge in [0.25, 0.3) is 0 Å². The average molecular weight is 405 g/mol. The van der Waals surface area contributed by atoms with Gasteiger partial charge in [0, 0.05) is 25.7 Å². The zero-order valence-electron chi connectivity index (χ0n) is 17.3. The van der Waals surface area contributed by atoms with Crippen molar-refractivity contribution in [3.05, 3.63) is 70.2 Å². The highest BCUT2D eigenvalue weighted by molar-refractivity contribution is 5.79. The lowest BCUT2D eigenvalue weighted by atomic mass is 10.0. The van der Waals surface area contributed by atoms with Crippen LogP contribution >= 0.6 is 0 Å². The van der Waals surface area contributed by atoms with Crippen LogP contribution in [0.5, 0.6) is 0 Å². The summed E-state index contributed by atoms with van der Waals surface area (Å²) < 4.78 is 6.70. The van der Waals surface area contributed by atoms with Gasteiger partial charge >= 0.3 is 5.76 Å². The maximum Gasteiger partial charge on any atom is 0.420 e. The first-order valence-corrected chi connectivity index (χ1v) is 10.7. The topological polar surface area (TPSA) is 58.7 Å². The van der Waals surface area contributed by atoms with Crippen LogP contribution in [0.15, 0.2) is 57.7 Å². The lowest BCUT2D eigenvalue weighted by Crippen LogP contribution is -2.52. The van der Waals surface area contributed by atoms with Gasteiger partial charge < -0.3 is 9.32 Å². The van der Waals surface area contributed by atoms with Crippen molar-refractivity contribution in [1.82, 2.24) is 14.4 Å². The molecule has 0 bridgehead atoms. The van der Waals surface area contributed by atoms with Gasteiger partial charge in [-0.3, -0.25) is 14.3 Å². The second kappa shape index (κ2) is 7.76. The van der Waals surface area contributed by atoms with Gasteiger partial charge in [-0.1, -0.05) is 36.4 Å². The van der Waals surface area contributed by atoms with Gasteiger partial charge in [-0.25, -0.2) is 4.79 Å². The Labute approximate surface area is 175 Å². The summed E-state index contributed by atoms with van der Waals surface area (Å²) in [7, 11) is 1.87. The SMILES string of the molecule is CN(C(=O)Cn1c(=O)oc2ccccc21)[C@@H]1CCCN(C2Cc3ccccc3C2)C1. The van der Waals surface area contributed by atoms with Crippen LogP contribution in [0, 0.1) is 0 Å². The van der Waals surface area contributed by atoms with Gasteiger partial charge in [0.05, 0.1) is 5.52 Å². The number of nitrogens with zero attached hydrogens (tertiary/aromatic N) is 3. The Hall–Kier alpha value is -2.86. The van der Waals surface area contributed by atoms with Crippen LogP contribution in [-0.2, 0) is 24.2 Å². The lowest BCUT2D eigenvalue weighted by Gasteiger charge is -2.40. The number of hydrogen-bond acceptors (Lipinski definition) is 4. The summed E-state index contributed by atoms with van der Waals surface area (Å²) >= 11 is 0. The fourth-order valence-corrected chi connectivity index (χ4v) is 5.04. The largest absolute Gasteiger partial charge is 0.420 e. The predicted molar refractivity (Wildman–Crippen MR) is 115 cm³/mol. The highest BCUT2D eigenvalue weighted by Gasteiger charge is 2.33. The Bertz CT molecular complexity index is 1110. The molecule has 2 aliphatic rings. The fourth-order valence-electron chi connectivity index (χ4n) is 5.04. The highest BCUT2D eigenvalue weighted by Crippen LogP contribution is 2.28. The predicted octanol–water partition coefficient (Wildman–Crippen LogP) is 2.68. The number of likely N-dealkylation sites (N-methyl/N-ethyl adjacent to an activating group) is 1. The molecule has 0 spiro atoms. The summed E-state index contributed by atoms with van der Waals surface area (Å²) in [6, 6.07) is 16.6. The minimum atomic E-state index is -0.480. The van der Waals surface area contributed by atoms with Crippen LogP contribution < -0.4 is 5.76 Å². The smallest absolute Gasteiger partial charge is 0.408 e. The molecule has 30 heavy (non-hydrogen) atoms. The molecule has 0 N–H and O–H groups in total. The van der Waals surface area contributed by atoms with Crippen LogP contribution in [0.1, 0.15) is 24.0 Å². The van der Waals surface area contributed by atoms with Gasteiger partial charge in [-0.2, -0.15) is 0 Å². The number of piperidine rings is 1. The van der Waals surface area contributed by atoms with Gasteiger partial charge in [-0.05, 0) is 55.5 Å². The number of carbonyl (C=O) groups is 1. The molecule has 1 aliphatic heterocycles. The van der Waals surface area contributed by atoms with Crippen molar-refractivity contribution in [2.75, 3.05) is 20.1 Å². The zero-order valence-corrected chi connectivity index (χ0v) is 17.3. The van der Waals surface area contributed by atoms with Crippen LogP contribution in [-0.4, -0.2) is 52.5 Å². The van der Waals surface area contributed by atoms with E-state index in [9.17, 15) is 9.59 Å². The quantitative estimate of drug-likeness (QED) is 0.670. The van der Waals surface area contributed by atoms with E-state index in [1.807, 2.05) is 30.1 Å². The molecule has 156 valence electrons. The number of hydrogen-bond donors (Lipinski definition) is 0. The van der Waals surface area contributed by atoms with Gasteiger partial charge in [0.15, 0.2) is 5.58 Å². The third kappa shape index (κ3) is 3.45. The van der Waals surface area contributed by atoms with Gasteiger partial charge in [0.1, 0.15) is 6.54 Å². The molecule has 0 unspecified atom stereocenters. The second-order valence-electron chi connectivity index (χ2n) is 8.55. The number of likely N-dealkylation sites (tertiary alicyclic amines) is 1. The van der Waals surface area contributed by atoms with Crippen molar-refractivity contribution in [1.29, 1.82) is 0 Å². The molecule has 6 nitrogen and oxygen atoms in total. The molecule has 0 radical (unpaired) electrons. The van der Waals surface area contributed by atoms with E-state index in [0.29, 0.717) is 17.1 Å². The molecule has 6 heteroatoms. The molecule has 1 atom stereocenters. The maximum absolute atomic E-state index is 13.0. The fraction of sp³-hybridized carbons (Fsp3) is 0.417. The van der Waals surface area contributed by atoms with E-state index in [2.05, 4.69) is 29.2 Å². The number of para-hydroxylation sites is 2. The molecule has 0 saturated carbocycles. The Balaban J connectivity index is 1.26. The highest BCUT2D eigenvalue weighted by atomic mass is 16.4. The molecule has 1 aromatic heterocycles. The summed E-state index contributed by atoms with van der Waals surface area (Å²) in [5.41, 5.74) is 4.10. The number of oxazole rings is 1. The monoisotopic (exact) mass is 405 g/mol. The first kappa shape index (κ1) is 19.1. The summed E-state index contributed by atoms with van der Waals surface area (Å²) in [6.07, 6.45) is 4.27. The maximum atomic E-state index is 13.0. The normalized spacial score (nSPS) is 19.8. The van der Waals surface area contributed by atoms with E-state index in [4.69, 9.17) is 4.42 Å². The van der Waals surface area contributed by atoms with E-state index < -0.39 is 5.76 Å². The first-order chi connectivity index (χ1) is 14.6. The number of aromatic nitrogens is 1. The minimum absolute atomic E-state index is 0.0116. The third-order valence-corrected chi connectivity index (χ3v) is 6.78. The van der Waals surface area contributed by atoms with Crippen molar-refractivity contribution in [3.8, 4) is 0 Å². The molecule has 2 aromatic carbocycles. The Morgan fingerprint density at radius 2 is 1.80 bits per heavy atom. The second-order valence-corrected chi connectivity index (χ2v) is 8.55. The van der Waals surface area contributed by atoms with E-state index in [1.165, 1.54) is 15.7 Å². The van der Waals surface area contributed by atoms with Crippen molar-refractivity contribution in [3.63, 3.8) is 0 Å². The van der Waals surface area contributed by atoms with Crippen molar-refractivity contribution >= 4 is 17.0 Å². The van der Waals surface area contributed by atoms with Crippen LogP contribution in [0.2, 0.25) is 0 Å². The number of rotatable bonds is 4. The summed E-state index contributed by atoms with van der Waals surface area (Å²) in [6.45, 7) is 1.99. The molecule has 1 aliphatic carbocycles. The first-order valence-electron chi connectivity index (χ1n) is 10.7. The van der Waals surface area contributed by atoms with E-state index in [0.717, 1.165) is 38.8 Å². The molecule has 3 aromatic rings. The van der Waals surface area contributed by atoms with E-state index in [1.54, 1.807) is 6.07 Å². The summed E-state index contributed by atoms with van der Waals surface area (Å²) in [5.74, 6) is -0.530. The molecule has 1 saturated heterocycles. The number of benzene rings is 2. The number of carbonyl (C=O) groups excluding carboxylic acids is 1. The molecule has 1 fully saturated rings. The molecular formula is C24H27N3O3. The van der Waals surface area contributed by atoms with E-state index >= 15 is 0 Å². The van der Waals surface area contributed by atoms with Gasteiger partial charge in [0.2, 0.25) is 5.91 Å². The molecular weight excluding hydrogens is 378 g/mol. The zero-order chi connectivity index (χ0) is 20.7. The van der Waals surface area contributed by atoms with Gasteiger partial charge in [-0.15, -0.1) is 0 Å². The Morgan fingerprint density at radius 3 is 2.57 bits per heavy atom. The minimum Gasteiger partial charge on any atom is -0.408 e. The summed E-state index contributed by atoms with van der Waals surface area (Å²) in [5, 5.41) is 0. The standard InChI is InChI=1S/C24H27N3O3/c1-25(23(28)16-27-21-10-4-5-11-22(21)30-24(27)29)19-9-6-12-26(15-19)20-13-17-7-2-3-8-18(17)14-20/h2-5,7-8,10-11,19-20H,6,9,12-16H2,1H3/t19-/m1/s1. The molecule has 1 amide bonds. The van der Waals surface area contributed by atoms with Crippen LogP contribution in [0.3, 0.4) is 0 Å². The van der Waals surface area contributed by atoms with Crippen LogP contribution in [0.4, 0.5) is 0 Å².